The first-order valence-corrected chi connectivity index (χ1v) is 8.20. The van der Waals surface area contributed by atoms with Gasteiger partial charge >= 0.3 is 0 Å². The molecule has 0 unspecified atom stereocenters. The third-order valence-corrected chi connectivity index (χ3v) is 3.42. The van der Waals surface area contributed by atoms with Gasteiger partial charge in [-0.3, -0.25) is 4.79 Å². The quantitative estimate of drug-likeness (QED) is 0.524. The molecule has 0 aliphatic rings. The summed E-state index contributed by atoms with van der Waals surface area (Å²) < 4.78 is 16.1. The number of carbonyl (C=O) groups excluding carboxylic acids is 1. The molecule has 0 bridgehead atoms. The second-order valence-electron chi connectivity index (χ2n) is 5.75. The summed E-state index contributed by atoms with van der Waals surface area (Å²) in [5.74, 6) is 1.62. The Morgan fingerprint density at radius 1 is 1.15 bits per heavy atom. The lowest BCUT2D eigenvalue weighted by Gasteiger charge is -2.09. The van der Waals surface area contributed by atoms with Gasteiger partial charge < -0.3 is 14.2 Å². The highest BCUT2D eigenvalue weighted by Crippen LogP contribution is 2.28. The number of nitriles is 1. The summed E-state index contributed by atoms with van der Waals surface area (Å²) in [7, 11) is 1.52. The highest BCUT2D eigenvalue weighted by molar-refractivity contribution is 6.06. The molecule has 0 aliphatic carbocycles. The van der Waals surface area contributed by atoms with Crippen molar-refractivity contribution in [2.75, 3.05) is 13.7 Å². The van der Waals surface area contributed by atoms with E-state index in [4.69, 9.17) is 19.5 Å². The molecule has 2 rings (SSSR count). The van der Waals surface area contributed by atoms with Crippen LogP contribution in [0.4, 0.5) is 0 Å². The van der Waals surface area contributed by atoms with Crippen molar-refractivity contribution >= 4 is 11.9 Å². The summed E-state index contributed by atoms with van der Waals surface area (Å²) in [6, 6.07) is 14.2. The molecule has 2 aromatic rings. The Morgan fingerprint density at radius 2 is 1.88 bits per heavy atom. The maximum atomic E-state index is 12.3. The van der Waals surface area contributed by atoms with Gasteiger partial charge in [0.05, 0.1) is 13.2 Å². The SMILES string of the molecule is COc1cc(/C=C/C(=O)c2ccc(OC(C)C)cc2)ccc1OCC#N. The van der Waals surface area contributed by atoms with E-state index in [1.54, 1.807) is 48.5 Å². The molecule has 26 heavy (non-hydrogen) atoms. The van der Waals surface area contributed by atoms with Gasteiger partial charge in [0, 0.05) is 5.56 Å². The van der Waals surface area contributed by atoms with E-state index in [2.05, 4.69) is 0 Å². The molecule has 5 nitrogen and oxygen atoms in total. The fourth-order valence-electron chi connectivity index (χ4n) is 2.26. The van der Waals surface area contributed by atoms with Gasteiger partial charge in [0.2, 0.25) is 0 Å². The van der Waals surface area contributed by atoms with Crippen LogP contribution in [0, 0.1) is 11.3 Å². The Hall–Kier alpha value is -3.26. The minimum atomic E-state index is -0.107. The number of ether oxygens (including phenoxy) is 3. The van der Waals surface area contributed by atoms with Gasteiger partial charge in [-0.1, -0.05) is 12.1 Å². The number of rotatable bonds is 8. The fourth-order valence-corrected chi connectivity index (χ4v) is 2.26. The van der Waals surface area contributed by atoms with Crippen molar-refractivity contribution in [1.82, 2.24) is 0 Å². The number of hydrogen-bond donors (Lipinski definition) is 0. The highest BCUT2D eigenvalue weighted by atomic mass is 16.5. The van der Waals surface area contributed by atoms with E-state index in [0.717, 1.165) is 11.3 Å². The van der Waals surface area contributed by atoms with Crippen LogP contribution >= 0.6 is 0 Å². The zero-order valence-electron chi connectivity index (χ0n) is 15.1. The molecular weight excluding hydrogens is 330 g/mol. The van der Waals surface area contributed by atoms with Crippen LogP contribution in [0.1, 0.15) is 29.8 Å². The molecule has 5 heteroatoms. The normalized spacial score (nSPS) is 10.6. The van der Waals surface area contributed by atoms with Crippen LogP contribution < -0.4 is 14.2 Å². The third kappa shape index (κ3) is 5.38. The lowest BCUT2D eigenvalue weighted by Crippen LogP contribution is -2.05. The van der Waals surface area contributed by atoms with Crippen molar-refractivity contribution in [3.05, 3.63) is 59.7 Å². The molecule has 134 valence electrons. The predicted octanol–water partition coefficient (Wildman–Crippen LogP) is 4.28. The molecule has 0 amide bonds. The van der Waals surface area contributed by atoms with Gasteiger partial charge in [-0.15, -0.1) is 0 Å². The molecule has 2 aromatic carbocycles. The van der Waals surface area contributed by atoms with Crippen LogP contribution in [-0.2, 0) is 0 Å². The van der Waals surface area contributed by atoms with E-state index < -0.39 is 0 Å². The van der Waals surface area contributed by atoms with E-state index in [1.807, 2.05) is 19.9 Å². The Kier molecular flexibility index (Phi) is 6.81. The minimum Gasteiger partial charge on any atom is -0.493 e. The molecule has 0 aliphatic heterocycles. The highest BCUT2D eigenvalue weighted by Gasteiger charge is 2.06. The Balaban J connectivity index is 2.08. The van der Waals surface area contributed by atoms with Crippen LogP contribution in [0.15, 0.2) is 48.5 Å². The molecule has 0 heterocycles. The summed E-state index contributed by atoms with van der Waals surface area (Å²) in [6.07, 6.45) is 3.30. The zero-order chi connectivity index (χ0) is 18.9. The largest absolute Gasteiger partial charge is 0.493 e. The van der Waals surface area contributed by atoms with E-state index in [-0.39, 0.29) is 18.5 Å². The number of methoxy groups -OCH3 is 1. The van der Waals surface area contributed by atoms with Crippen molar-refractivity contribution in [2.24, 2.45) is 0 Å². The summed E-state index contributed by atoms with van der Waals surface area (Å²) in [5.41, 5.74) is 1.37. The van der Waals surface area contributed by atoms with Crippen molar-refractivity contribution in [3.63, 3.8) is 0 Å². The molecule has 0 fully saturated rings. The van der Waals surface area contributed by atoms with Crippen LogP contribution in [-0.4, -0.2) is 25.6 Å². The molecule has 0 aromatic heterocycles. The second kappa shape index (κ2) is 9.28. The molecule has 0 saturated carbocycles. The van der Waals surface area contributed by atoms with Crippen LogP contribution in [0.25, 0.3) is 6.08 Å². The van der Waals surface area contributed by atoms with E-state index in [0.29, 0.717) is 17.1 Å². The maximum absolute atomic E-state index is 12.3. The lowest BCUT2D eigenvalue weighted by molar-refractivity contribution is 0.104. The number of hydrogen-bond acceptors (Lipinski definition) is 5. The van der Waals surface area contributed by atoms with Crippen molar-refractivity contribution in [1.29, 1.82) is 5.26 Å². The number of carbonyl (C=O) groups is 1. The lowest BCUT2D eigenvalue weighted by atomic mass is 10.1. The number of allylic oxidation sites excluding steroid dienone is 1. The van der Waals surface area contributed by atoms with Gasteiger partial charge in [0.15, 0.2) is 23.9 Å². The molecule has 0 spiro atoms. The first-order valence-electron chi connectivity index (χ1n) is 8.20. The van der Waals surface area contributed by atoms with Gasteiger partial charge in [-0.25, -0.2) is 0 Å². The molecule has 0 atom stereocenters. The maximum Gasteiger partial charge on any atom is 0.185 e. The van der Waals surface area contributed by atoms with Crippen LogP contribution in [0.2, 0.25) is 0 Å². The van der Waals surface area contributed by atoms with Crippen LogP contribution in [0.5, 0.6) is 17.2 Å². The van der Waals surface area contributed by atoms with Crippen molar-refractivity contribution in [2.45, 2.75) is 20.0 Å². The van der Waals surface area contributed by atoms with Crippen molar-refractivity contribution < 1.29 is 19.0 Å². The predicted molar refractivity (Wildman–Crippen MR) is 99.7 cm³/mol. The summed E-state index contributed by atoms with van der Waals surface area (Å²) >= 11 is 0. The van der Waals surface area contributed by atoms with E-state index in [9.17, 15) is 4.79 Å². The standard InChI is InChI=1S/C21H21NO4/c1-15(2)26-18-8-6-17(7-9-18)19(23)10-4-16-5-11-20(25-13-12-22)21(14-16)24-3/h4-11,14-15H,13H2,1-3H3/b10-4+. The van der Waals surface area contributed by atoms with Crippen molar-refractivity contribution in [3.8, 4) is 23.3 Å². The summed E-state index contributed by atoms with van der Waals surface area (Å²) in [5, 5.41) is 8.59. The van der Waals surface area contributed by atoms with Gasteiger partial charge in [-0.05, 0) is 61.9 Å². The Bertz CT molecular complexity index is 817. The average Bonchev–Trinajstić information content (AvgIpc) is 2.64. The molecule has 0 N–H and O–H groups in total. The van der Waals surface area contributed by atoms with Crippen LogP contribution in [0.3, 0.4) is 0 Å². The molecule has 0 radical (unpaired) electrons. The minimum absolute atomic E-state index is 0.0550. The van der Waals surface area contributed by atoms with Gasteiger partial charge in [0.1, 0.15) is 11.8 Å². The summed E-state index contributed by atoms with van der Waals surface area (Å²) in [4.78, 5) is 12.3. The van der Waals surface area contributed by atoms with E-state index in [1.165, 1.54) is 13.2 Å². The van der Waals surface area contributed by atoms with Gasteiger partial charge in [-0.2, -0.15) is 5.26 Å². The molecular formula is C21H21NO4. The average molecular weight is 351 g/mol. The first kappa shape index (κ1) is 19.1. The third-order valence-electron chi connectivity index (χ3n) is 3.42. The molecule has 0 saturated heterocycles. The second-order valence-corrected chi connectivity index (χ2v) is 5.75. The first-order chi connectivity index (χ1) is 12.5. The number of benzene rings is 2. The number of nitrogens with zero attached hydrogens (tertiary/aromatic N) is 1. The van der Waals surface area contributed by atoms with Gasteiger partial charge in [0.25, 0.3) is 0 Å². The zero-order valence-corrected chi connectivity index (χ0v) is 15.1. The topological polar surface area (TPSA) is 68.6 Å². The number of ketones is 1. The van der Waals surface area contributed by atoms with E-state index >= 15 is 0 Å². The summed E-state index contributed by atoms with van der Waals surface area (Å²) in [6.45, 7) is 3.85. The smallest absolute Gasteiger partial charge is 0.185 e. The fraction of sp³-hybridized carbons (Fsp3) is 0.238. The Labute approximate surface area is 153 Å². The monoisotopic (exact) mass is 351 g/mol. The Morgan fingerprint density at radius 3 is 2.50 bits per heavy atom.